The maximum atomic E-state index is 14.1. The van der Waals surface area contributed by atoms with E-state index in [0.717, 1.165) is 34.1 Å². The van der Waals surface area contributed by atoms with E-state index < -0.39 is 11.6 Å². The Morgan fingerprint density at radius 1 is 1.14 bits per heavy atom. The zero-order valence-electron chi connectivity index (χ0n) is 11.6. The Morgan fingerprint density at radius 3 is 2.43 bits per heavy atom. The molecule has 0 fully saturated rings. The zero-order valence-corrected chi connectivity index (χ0v) is 14.0. The fourth-order valence-corrected chi connectivity index (χ4v) is 3.23. The van der Waals surface area contributed by atoms with E-state index in [9.17, 15) is 8.78 Å². The molecule has 2 rings (SSSR count). The summed E-state index contributed by atoms with van der Waals surface area (Å²) in [5.41, 5.74) is 0.620. The summed E-state index contributed by atoms with van der Waals surface area (Å²) < 4.78 is 29.1. The van der Waals surface area contributed by atoms with Crippen LogP contribution in [0, 0.1) is 11.6 Å². The Hall–Kier alpha value is -0.910. The summed E-state index contributed by atoms with van der Waals surface area (Å²) in [6.07, 6.45) is 0.987. The van der Waals surface area contributed by atoms with Gasteiger partial charge in [-0.3, -0.25) is 0 Å². The van der Waals surface area contributed by atoms with Crippen LogP contribution in [0.2, 0.25) is 0 Å². The van der Waals surface area contributed by atoms with E-state index in [4.69, 9.17) is 0 Å². The number of nitrogens with one attached hydrogen (secondary N) is 1. The van der Waals surface area contributed by atoms with Crippen LogP contribution in [-0.2, 0) is 6.54 Å². The van der Waals surface area contributed by atoms with Gasteiger partial charge in [-0.15, -0.1) is 0 Å². The van der Waals surface area contributed by atoms with Gasteiger partial charge in [-0.05, 0) is 58.7 Å². The van der Waals surface area contributed by atoms with Crippen molar-refractivity contribution >= 4 is 27.7 Å². The molecule has 21 heavy (non-hydrogen) atoms. The minimum absolute atomic E-state index is 0.0288. The van der Waals surface area contributed by atoms with Gasteiger partial charge in [0.1, 0.15) is 11.6 Å². The van der Waals surface area contributed by atoms with Gasteiger partial charge in [0.2, 0.25) is 0 Å². The Balaban J connectivity index is 2.19. The van der Waals surface area contributed by atoms with Crippen LogP contribution in [0.5, 0.6) is 0 Å². The number of hydrogen-bond donors (Lipinski definition) is 1. The molecule has 0 amide bonds. The van der Waals surface area contributed by atoms with Crippen molar-refractivity contribution < 1.29 is 8.78 Å². The van der Waals surface area contributed by atoms with E-state index in [1.165, 1.54) is 12.1 Å². The van der Waals surface area contributed by atoms with Crippen molar-refractivity contribution in [3.05, 3.63) is 58.1 Å². The average Bonchev–Trinajstić information content (AvgIpc) is 2.45. The van der Waals surface area contributed by atoms with Crippen molar-refractivity contribution in [3.8, 4) is 0 Å². The highest BCUT2D eigenvalue weighted by Gasteiger charge is 2.14. The van der Waals surface area contributed by atoms with Crippen molar-refractivity contribution in [2.75, 3.05) is 6.54 Å². The van der Waals surface area contributed by atoms with E-state index >= 15 is 0 Å². The topological polar surface area (TPSA) is 12.0 Å². The summed E-state index contributed by atoms with van der Waals surface area (Å²) >= 11 is 4.47. The van der Waals surface area contributed by atoms with Gasteiger partial charge in [-0.25, -0.2) is 8.78 Å². The highest BCUT2D eigenvalue weighted by Crippen LogP contribution is 2.36. The minimum atomic E-state index is -0.524. The van der Waals surface area contributed by atoms with Gasteiger partial charge in [0.15, 0.2) is 0 Å². The fourth-order valence-electron chi connectivity index (χ4n) is 1.86. The van der Waals surface area contributed by atoms with Crippen LogP contribution >= 0.6 is 27.7 Å². The van der Waals surface area contributed by atoms with E-state index in [0.29, 0.717) is 12.1 Å². The number of benzene rings is 2. The average molecular weight is 372 g/mol. The molecule has 2 aromatic carbocycles. The Kier molecular flexibility index (Phi) is 6.21. The molecule has 112 valence electrons. The lowest BCUT2D eigenvalue weighted by Gasteiger charge is -2.09. The minimum Gasteiger partial charge on any atom is -0.313 e. The third-order valence-electron chi connectivity index (χ3n) is 2.86. The van der Waals surface area contributed by atoms with Crippen molar-refractivity contribution in [1.82, 2.24) is 5.32 Å². The first kappa shape index (κ1) is 16.5. The first-order valence-electron chi connectivity index (χ1n) is 6.73. The molecule has 0 aliphatic rings. The maximum absolute atomic E-state index is 14.1. The van der Waals surface area contributed by atoms with Gasteiger partial charge in [0.05, 0.1) is 4.90 Å². The molecule has 0 aromatic heterocycles. The Morgan fingerprint density at radius 2 is 1.81 bits per heavy atom. The summed E-state index contributed by atoms with van der Waals surface area (Å²) in [7, 11) is 0. The van der Waals surface area contributed by atoms with Crippen LogP contribution in [0.4, 0.5) is 8.78 Å². The molecule has 0 unspecified atom stereocenters. The summed E-state index contributed by atoms with van der Waals surface area (Å²) in [4.78, 5) is 0.813. The highest BCUT2D eigenvalue weighted by molar-refractivity contribution is 9.10. The van der Waals surface area contributed by atoms with Gasteiger partial charge in [-0.2, -0.15) is 0 Å². The van der Waals surface area contributed by atoms with Crippen LogP contribution in [0.15, 0.2) is 50.7 Å². The van der Waals surface area contributed by atoms with Crippen LogP contribution in [0.3, 0.4) is 0 Å². The third-order valence-corrected chi connectivity index (χ3v) is 4.99. The van der Waals surface area contributed by atoms with Crippen LogP contribution in [-0.4, -0.2) is 6.54 Å². The molecule has 1 N–H and O–H groups in total. The second-order valence-electron chi connectivity index (χ2n) is 4.60. The lowest BCUT2D eigenvalue weighted by Crippen LogP contribution is -2.14. The predicted octanol–water partition coefficient (Wildman–Crippen LogP) is 5.38. The predicted molar refractivity (Wildman–Crippen MR) is 86.6 cm³/mol. The standard InChI is InChI=1S/C16H16BrF2NS/c1-2-7-20-10-11-8-13(18)16(14(19)9-11)21-15-6-4-3-5-12(15)17/h3-6,8-9,20H,2,7,10H2,1H3. The Labute approximate surface area is 136 Å². The third kappa shape index (κ3) is 4.53. The lowest BCUT2D eigenvalue weighted by molar-refractivity contribution is 0.534. The van der Waals surface area contributed by atoms with Crippen molar-refractivity contribution in [1.29, 1.82) is 0 Å². The van der Waals surface area contributed by atoms with Gasteiger partial charge in [0, 0.05) is 15.9 Å². The van der Waals surface area contributed by atoms with Gasteiger partial charge >= 0.3 is 0 Å². The van der Waals surface area contributed by atoms with Gasteiger partial charge in [-0.1, -0.05) is 30.8 Å². The molecule has 0 aliphatic heterocycles. The summed E-state index contributed by atoms with van der Waals surface area (Å²) in [5, 5.41) is 3.14. The lowest BCUT2D eigenvalue weighted by atomic mass is 10.2. The second kappa shape index (κ2) is 7.92. The molecule has 5 heteroatoms. The fraction of sp³-hybridized carbons (Fsp3) is 0.250. The molecule has 0 spiro atoms. The maximum Gasteiger partial charge on any atom is 0.140 e. The second-order valence-corrected chi connectivity index (χ2v) is 6.50. The number of rotatable bonds is 6. The molecule has 0 saturated carbocycles. The highest BCUT2D eigenvalue weighted by atomic mass is 79.9. The van der Waals surface area contributed by atoms with E-state index in [1.54, 1.807) is 0 Å². The Bertz CT molecular complexity index is 596. The van der Waals surface area contributed by atoms with Gasteiger partial charge < -0.3 is 5.32 Å². The van der Waals surface area contributed by atoms with Crippen molar-refractivity contribution in [2.24, 2.45) is 0 Å². The molecule has 0 bridgehead atoms. The SMILES string of the molecule is CCCNCc1cc(F)c(Sc2ccccc2Br)c(F)c1. The molecular weight excluding hydrogens is 356 g/mol. The number of hydrogen-bond acceptors (Lipinski definition) is 2. The molecular formula is C16H16BrF2NS. The van der Waals surface area contributed by atoms with E-state index in [2.05, 4.69) is 21.2 Å². The van der Waals surface area contributed by atoms with Gasteiger partial charge in [0.25, 0.3) is 0 Å². The first-order valence-corrected chi connectivity index (χ1v) is 8.33. The zero-order chi connectivity index (χ0) is 15.2. The molecule has 0 atom stereocenters. The smallest absolute Gasteiger partial charge is 0.140 e. The normalized spacial score (nSPS) is 10.9. The van der Waals surface area contributed by atoms with Crippen LogP contribution < -0.4 is 5.32 Å². The summed E-state index contributed by atoms with van der Waals surface area (Å²) in [6.45, 7) is 3.35. The van der Waals surface area contributed by atoms with Crippen LogP contribution in [0.1, 0.15) is 18.9 Å². The monoisotopic (exact) mass is 371 g/mol. The molecule has 0 radical (unpaired) electrons. The van der Waals surface area contributed by atoms with Crippen molar-refractivity contribution in [3.63, 3.8) is 0 Å². The molecule has 0 saturated heterocycles. The van der Waals surface area contributed by atoms with E-state index in [-0.39, 0.29) is 4.90 Å². The first-order chi connectivity index (χ1) is 10.1. The van der Waals surface area contributed by atoms with E-state index in [1.807, 2.05) is 31.2 Å². The molecule has 1 nitrogen and oxygen atoms in total. The largest absolute Gasteiger partial charge is 0.313 e. The summed E-state index contributed by atoms with van der Waals surface area (Å²) in [5.74, 6) is -1.05. The quantitative estimate of drug-likeness (QED) is 0.684. The molecule has 2 aromatic rings. The summed E-state index contributed by atoms with van der Waals surface area (Å²) in [6, 6.07) is 10.2. The molecule has 0 aliphatic carbocycles. The van der Waals surface area contributed by atoms with Crippen LogP contribution in [0.25, 0.3) is 0 Å². The van der Waals surface area contributed by atoms with Crippen molar-refractivity contribution in [2.45, 2.75) is 29.7 Å². The number of halogens is 3. The molecule has 0 heterocycles.